The molecule has 0 saturated carbocycles. The lowest BCUT2D eigenvalue weighted by molar-refractivity contribution is -0.159. The molecule has 0 saturated heterocycles. The minimum absolute atomic E-state index is 0.218. The fourth-order valence-electron chi connectivity index (χ4n) is 2.72. The molecule has 0 radical (unpaired) electrons. The maximum absolute atomic E-state index is 11.5. The van der Waals surface area contributed by atoms with Crippen molar-refractivity contribution in [2.24, 2.45) is 0 Å². The molecule has 0 aliphatic heterocycles. The predicted octanol–water partition coefficient (Wildman–Crippen LogP) is 4.14. The first kappa shape index (κ1) is 13.7. The van der Waals surface area contributed by atoms with Crippen molar-refractivity contribution in [1.29, 1.82) is 0 Å². The maximum atomic E-state index is 11.5. The van der Waals surface area contributed by atoms with Gasteiger partial charge in [-0.1, -0.05) is 26.3 Å². The Labute approximate surface area is 114 Å². The summed E-state index contributed by atoms with van der Waals surface area (Å²) in [6.45, 7) is 5.66. The van der Waals surface area contributed by atoms with Gasteiger partial charge in [0.25, 0.3) is 0 Å². The van der Waals surface area contributed by atoms with Crippen molar-refractivity contribution in [2.75, 3.05) is 0 Å². The Balaban J connectivity index is 2.48. The van der Waals surface area contributed by atoms with E-state index in [1.807, 2.05) is 18.3 Å². The first-order chi connectivity index (χ1) is 9.11. The molecule has 0 amide bonds. The molecule has 1 N–H and O–H groups in total. The van der Waals surface area contributed by atoms with Crippen LogP contribution in [0.25, 0.3) is 10.9 Å². The normalized spacial score (nSPS) is 14.3. The first-order valence-corrected chi connectivity index (χ1v) is 6.88. The average Bonchev–Trinajstić information content (AvgIpc) is 2.84. The minimum Gasteiger partial charge on any atom is -0.454 e. The van der Waals surface area contributed by atoms with E-state index >= 15 is 0 Å². The average molecular weight is 259 g/mol. The number of rotatable bonds is 5. The lowest BCUT2D eigenvalue weighted by atomic mass is 9.86. The van der Waals surface area contributed by atoms with E-state index in [2.05, 4.69) is 31.0 Å². The standard InChI is InChI=1S/C16H21NO2/c1-4-9-16(5-2,19-12(3)18)14-6-7-15-13(11-14)8-10-17-15/h6-8,10-11,17H,4-5,9H2,1-3H3. The fourth-order valence-corrected chi connectivity index (χ4v) is 2.72. The van der Waals surface area contributed by atoms with Crippen LogP contribution in [-0.2, 0) is 15.1 Å². The molecule has 1 aromatic carbocycles. The molecule has 2 aromatic rings. The fraction of sp³-hybridized carbons (Fsp3) is 0.438. The highest BCUT2D eigenvalue weighted by Crippen LogP contribution is 2.36. The van der Waals surface area contributed by atoms with E-state index in [9.17, 15) is 4.79 Å². The van der Waals surface area contributed by atoms with E-state index in [-0.39, 0.29) is 5.97 Å². The highest BCUT2D eigenvalue weighted by atomic mass is 16.6. The third-order valence-electron chi connectivity index (χ3n) is 3.64. The molecule has 3 nitrogen and oxygen atoms in total. The van der Waals surface area contributed by atoms with Gasteiger partial charge in [-0.2, -0.15) is 0 Å². The lowest BCUT2D eigenvalue weighted by Gasteiger charge is -2.32. The van der Waals surface area contributed by atoms with Crippen LogP contribution in [0.15, 0.2) is 30.5 Å². The molecule has 0 aliphatic rings. The summed E-state index contributed by atoms with van der Waals surface area (Å²) in [5.74, 6) is -0.218. The first-order valence-electron chi connectivity index (χ1n) is 6.88. The van der Waals surface area contributed by atoms with Crippen LogP contribution in [0.4, 0.5) is 0 Å². The molecule has 1 atom stereocenters. The number of hydrogen-bond acceptors (Lipinski definition) is 2. The van der Waals surface area contributed by atoms with E-state index in [0.29, 0.717) is 0 Å². The summed E-state index contributed by atoms with van der Waals surface area (Å²) in [4.78, 5) is 14.6. The SMILES string of the molecule is CCCC(CC)(OC(C)=O)c1ccc2[nH]ccc2c1. The second-order valence-corrected chi connectivity index (χ2v) is 4.97. The summed E-state index contributed by atoms with van der Waals surface area (Å²) in [6, 6.07) is 8.27. The lowest BCUT2D eigenvalue weighted by Crippen LogP contribution is -2.31. The van der Waals surface area contributed by atoms with Crippen molar-refractivity contribution in [3.05, 3.63) is 36.0 Å². The monoisotopic (exact) mass is 259 g/mol. The number of hydrogen-bond donors (Lipinski definition) is 1. The molecular formula is C16H21NO2. The van der Waals surface area contributed by atoms with Gasteiger partial charge in [-0.3, -0.25) is 4.79 Å². The number of ether oxygens (including phenoxy) is 1. The zero-order valence-electron chi connectivity index (χ0n) is 11.8. The molecule has 19 heavy (non-hydrogen) atoms. The zero-order chi connectivity index (χ0) is 13.9. The van der Waals surface area contributed by atoms with Crippen LogP contribution in [0.5, 0.6) is 0 Å². The topological polar surface area (TPSA) is 42.1 Å². The van der Waals surface area contributed by atoms with Gasteiger partial charge in [0.1, 0.15) is 5.60 Å². The predicted molar refractivity (Wildman–Crippen MR) is 76.9 cm³/mol. The smallest absolute Gasteiger partial charge is 0.303 e. The second-order valence-electron chi connectivity index (χ2n) is 4.97. The van der Waals surface area contributed by atoms with Crippen molar-refractivity contribution < 1.29 is 9.53 Å². The van der Waals surface area contributed by atoms with Gasteiger partial charge in [-0.05, 0) is 42.0 Å². The van der Waals surface area contributed by atoms with E-state index in [4.69, 9.17) is 4.74 Å². The Bertz CT molecular complexity index is 573. The number of fused-ring (bicyclic) bond motifs is 1. The van der Waals surface area contributed by atoms with Crippen LogP contribution in [-0.4, -0.2) is 11.0 Å². The number of aromatic nitrogens is 1. The van der Waals surface area contributed by atoms with Crippen molar-refractivity contribution in [3.63, 3.8) is 0 Å². The van der Waals surface area contributed by atoms with Crippen LogP contribution in [0.3, 0.4) is 0 Å². The third-order valence-corrected chi connectivity index (χ3v) is 3.64. The van der Waals surface area contributed by atoms with E-state index < -0.39 is 5.60 Å². The van der Waals surface area contributed by atoms with Gasteiger partial charge < -0.3 is 9.72 Å². The third kappa shape index (κ3) is 2.65. The summed E-state index contributed by atoms with van der Waals surface area (Å²) in [5, 5.41) is 1.15. The number of nitrogens with one attached hydrogen (secondary N) is 1. The maximum Gasteiger partial charge on any atom is 0.303 e. The van der Waals surface area contributed by atoms with E-state index in [1.165, 1.54) is 6.92 Å². The number of benzene rings is 1. The largest absolute Gasteiger partial charge is 0.454 e. The quantitative estimate of drug-likeness (QED) is 0.820. The zero-order valence-corrected chi connectivity index (χ0v) is 11.8. The summed E-state index contributed by atoms with van der Waals surface area (Å²) in [7, 11) is 0. The van der Waals surface area contributed by atoms with Gasteiger partial charge in [0, 0.05) is 18.6 Å². The van der Waals surface area contributed by atoms with Crippen LogP contribution in [0, 0.1) is 0 Å². The second kappa shape index (κ2) is 5.47. The van der Waals surface area contributed by atoms with Crippen LogP contribution in [0.1, 0.15) is 45.6 Å². The highest BCUT2D eigenvalue weighted by Gasteiger charge is 2.33. The molecule has 0 aliphatic carbocycles. The molecule has 0 bridgehead atoms. The Morgan fingerprint density at radius 3 is 2.74 bits per heavy atom. The molecule has 1 aromatic heterocycles. The molecule has 2 rings (SSSR count). The number of esters is 1. The molecular weight excluding hydrogens is 238 g/mol. The van der Waals surface area contributed by atoms with Gasteiger partial charge in [-0.15, -0.1) is 0 Å². The molecule has 102 valence electrons. The molecule has 0 spiro atoms. The van der Waals surface area contributed by atoms with Crippen LogP contribution in [0.2, 0.25) is 0 Å². The molecule has 3 heteroatoms. The Hall–Kier alpha value is -1.77. The van der Waals surface area contributed by atoms with Crippen LogP contribution >= 0.6 is 0 Å². The van der Waals surface area contributed by atoms with Gasteiger partial charge >= 0.3 is 5.97 Å². The summed E-state index contributed by atoms with van der Waals surface area (Å²) < 4.78 is 5.69. The summed E-state index contributed by atoms with van der Waals surface area (Å²) >= 11 is 0. The number of aromatic amines is 1. The van der Waals surface area contributed by atoms with Crippen molar-refractivity contribution in [1.82, 2.24) is 4.98 Å². The number of H-pyrrole nitrogens is 1. The van der Waals surface area contributed by atoms with E-state index in [0.717, 1.165) is 35.7 Å². The van der Waals surface area contributed by atoms with Crippen molar-refractivity contribution >= 4 is 16.9 Å². The van der Waals surface area contributed by atoms with Gasteiger partial charge in [0.15, 0.2) is 0 Å². The Morgan fingerprint density at radius 1 is 1.32 bits per heavy atom. The van der Waals surface area contributed by atoms with Gasteiger partial charge in [0.05, 0.1) is 0 Å². The summed E-state index contributed by atoms with van der Waals surface area (Å²) in [6.07, 6.45) is 4.54. The number of carbonyl (C=O) groups excluding carboxylic acids is 1. The number of carbonyl (C=O) groups is 1. The molecule has 1 unspecified atom stereocenters. The van der Waals surface area contributed by atoms with Gasteiger partial charge in [0.2, 0.25) is 0 Å². The minimum atomic E-state index is -0.494. The van der Waals surface area contributed by atoms with E-state index in [1.54, 1.807) is 0 Å². The van der Waals surface area contributed by atoms with Crippen LogP contribution < -0.4 is 0 Å². The molecule has 1 heterocycles. The Kier molecular flexibility index (Phi) is 3.93. The van der Waals surface area contributed by atoms with Crippen molar-refractivity contribution in [3.8, 4) is 0 Å². The van der Waals surface area contributed by atoms with Gasteiger partial charge in [-0.25, -0.2) is 0 Å². The highest BCUT2D eigenvalue weighted by molar-refractivity contribution is 5.80. The molecule has 0 fully saturated rings. The Morgan fingerprint density at radius 2 is 2.11 bits per heavy atom. The van der Waals surface area contributed by atoms with Crippen molar-refractivity contribution in [2.45, 2.75) is 45.6 Å². The summed E-state index contributed by atoms with van der Waals surface area (Å²) in [5.41, 5.74) is 1.69.